The second-order valence-electron chi connectivity index (χ2n) is 4.85. The summed E-state index contributed by atoms with van der Waals surface area (Å²) in [4.78, 5) is 13.0. The summed E-state index contributed by atoms with van der Waals surface area (Å²) < 4.78 is 1.69. The highest BCUT2D eigenvalue weighted by molar-refractivity contribution is 6.30. The Kier molecular flexibility index (Phi) is 3.36. The normalized spacial score (nSPS) is 10.8. The molecule has 3 aromatic heterocycles. The molecule has 0 fully saturated rings. The number of halogens is 1. The van der Waals surface area contributed by atoms with Crippen LogP contribution in [0.2, 0.25) is 5.02 Å². The number of anilines is 2. The average Bonchev–Trinajstić information content (AvgIpc) is 3.00. The summed E-state index contributed by atoms with van der Waals surface area (Å²) in [7, 11) is 0. The number of aromatic nitrogens is 5. The maximum absolute atomic E-state index is 5.89. The van der Waals surface area contributed by atoms with Gasteiger partial charge >= 0.3 is 0 Å². The summed E-state index contributed by atoms with van der Waals surface area (Å²) in [5, 5.41) is 8.25. The fourth-order valence-corrected chi connectivity index (χ4v) is 2.37. The lowest BCUT2D eigenvalue weighted by Crippen LogP contribution is -1.93. The topological polar surface area (TPSA) is 68.0 Å². The lowest BCUT2D eigenvalue weighted by molar-refractivity contribution is 0.951. The van der Waals surface area contributed by atoms with Crippen molar-refractivity contribution in [2.24, 2.45) is 0 Å². The fourth-order valence-electron chi connectivity index (χ4n) is 2.24. The number of fused-ring (bicyclic) bond motifs is 1. The van der Waals surface area contributed by atoms with Gasteiger partial charge in [0.1, 0.15) is 5.69 Å². The van der Waals surface area contributed by atoms with Gasteiger partial charge in [0.15, 0.2) is 5.65 Å². The predicted molar refractivity (Wildman–Crippen MR) is 88.7 cm³/mol. The highest BCUT2D eigenvalue weighted by Crippen LogP contribution is 2.22. The van der Waals surface area contributed by atoms with Gasteiger partial charge in [-0.25, -0.2) is 4.52 Å². The van der Waals surface area contributed by atoms with Crippen LogP contribution in [-0.4, -0.2) is 24.6 Å². The van der Waals surface area contributed by atoms with Crippen LogP contribution in [0.3, 0.4) is 0 Å². The van der Waals surface area contributed by atoms with Crippen molar-refractivity contribution in [3.8, 4) is 11.3 Å². The molecule has 112 valence electrons. The molecule has 0 saturated carbocycles. The molecule has 4 rings (SSSR count). The molecule has 0 aliphatic rings. The molecular weight excluding hydrogens is 312 g/mol. The van der Waals surface area contributed by atoms with Gasteiger partial charge in [0.2, 0.25) is 5.95 Å². The van der Waals surface area contributed by atoms with Crippen molar-refractivity contribution in [2.45, 2.75) is 0 Å². The largest absolute Gasteiger partial charge is 0.323 e. The first-order chi connectivity index (χ1) is 11.3. The SMILES string of the molecule is Clc1ccc(Nc2nc3c(-c4cccnc4)nccn3n2)cc1. The van der Waals surface area contributed by atoms with E-state index in [1.807, 2.05) is 36.4 Å². The van der Waals surface area contributed by atoms with E-state index >= 15 is 0 Å². The molecular formula is C16H11ClN6. The van der Waals surface area contributed by atoms with Crippen LogP contribution in [0, 0.1) is 0 Å². The number of nitrogens with one attached hydrogen (secondary N) is 1. The van der Waals surface area contributed by atoms with Gasteiger partial charge in [-0.05, 0) is 36.4 Å². The molecule has 0 aliphatic carbocycles. The van der Waals surface area contributed by atoms with Crippen molar-refractivity contribution >= 4 is 28.9 Å². The minimum absolute atomic E-state index is 0.491. The van der Waals surface area contributed by atoms with Crippen LogP contribution >= 0.6 is 11.6 Å². The van der Waals surface area contributed by atoms with Crippen LogP contribution in [0.1, 0.15) is 0 Å². The maximum atomic E-state index is 5.89. The second-order valence-corrected chi connectivity index (χ2v) is 5.29. The van der Waals surface area contributed by atoms with Crippen LogP contribution in [0.5, 0.6) is 0 Å². The third-order valence-corrected chi connectivity index (χ3v) is 3.54. The Morgan fingerprint density at radius 2 is 1.91 bits per heavy atom. The van der Waals surface area contributed by atoms with Gasteiger partial charge in [-0.3, -0.25) is 9.97 Å². The summed E-state index contributed by atoms with van der Waals surface area (Å²) in [6.07, 6.45) is 6.93. The Bertz CT molecular complexity index is 949. The van der Waals surface area contributed by atoms with Crippen LogP contribution in [-0.2, 0) is 0 Å². The van der Waals surface area contributed by atoms with Crippen molar-refractivity contribution in [3.63, 3.8) is 0 Å². The third-order valence-electron chi connectivity index (χ3n) is 3.29. The Morgan fingerprint density at radius 1 is 1.04 bits per heavy atom. The van der Waals surface area contributed by atoms with E-state index in [0.29, 0.717) is 16.6 Å². The van der Waals surface area contributed by atoms with Crippen molar-refractivity contribution in [1.82, 2.24) is 24.6 Å². The Labute approximate surface area is 136 Å². The molecule has 1 N–H and O–H groups in total. The van der Waals surface area contributed by atoms with Crippen LogP contribution in [0.25, 0.3) is 16.9 Å². The predicted octanol–water partition coefficient (Wildman–Crippen LogP) is 3.58. The standard InChI is InChI=1S/C16H11ClN6/c17-12-3-5-13(6-4-12)20-16-21-15-14(11-2-1-7-18-10-11)19-8-9-23(15)22-16/h1-10H,(H,20,22). The summed E-state index contributed by atoms with van der Waals surface area (Å²) in [6.45, 7) is 0. The summed E-state index contributed by atoms with van der Waals surface area (Å²) >= 11 is 5.89. The minimum Gasteiger partial charge on any atom is -0.323 e. The number of hydrogen-bond donors (Lipinski definition) is 1. The molecule has 0 unspecified atom stereocenters. The smallest absolute Gasteiger partial charge is 0.247 e. The molecule has 0 amide bonds. The molecule has 23 heavy (non-hydrogen) atoms. The van der Waals surface area contributed by atoms with Gasteiger partial charge in [-0.15, -0.1) is 5.10 Å². The lowest BCUT2D eigenvalue weighted by atomic mass is 10.2. The molecule has 0 bridgehead atoms. The van der Waals surface area contributed by atoms with Crippen molar-refractivity contribution < 1.29 is 0 Å². The first-order valence-electron chi connectivity index (χ1n) is 6.94. The van der Waals surface area contributed by atoms with E-state index in [0.717, 1.165) is 16.9 Å². The van der Waals surface area contributed by atoms with E-state index in [9.17, 15) is 0 Å². The quantitative estimate of drug-likeness (QED) is 0.624. The number of benzene rings is 1. The number of nitrogens with zero attached hydrogens (tertiary/aromatic N) is 5. The van der Waals surface area contributed by atoms with Crippen molar-refractivity contribution in [1.29, 1.82) is 0 Å². The highest BCUT2D eigenvalue weighted by atomic mass is 35.5. The van der Waals surface area contributed by atoms with Gasteiger partial charge in [-0.2, -0.15) is 4.98 Å². The van der Waals surface area contributed by atoms with E-state index in [1.54, 1.807) is 29.3 Å². The molecule has 4 aromatic rings. The molecule has 0 spiro atoms. The average molecular weight is 323 g/mol. The number of rotatable bonds is 3. The molecule has 1 aromatic carbocycles. The van der Waals surface area contributed by atoms with E-state index in [-0.39, 0.29) is 0 Å². The molecule has 6 nitrogen and oxygen atoms in total. The Balaban J connectivity index is 1.75. The van der Waals surface area contributed by atoms with Gasteiger partial charge in [0.05, 0.1) is 0 Å². The first kappa shape index (κ1) is 13.7. The second kappa shape index (κ2) is 5.66. The molecule has 0 aliphatic heterocycles. The number of hydrogen-bond acceptors (Lipinski definition) is 5. The summed E-state index contributed by atoms with van der Waals surface area (Å²) in [6, 6.07) is 11.2. The minimum atomic E-state index is 0.491. The van der Waals surface area contributed by atoms with Crippen molar-refractivity contribution in [3.05, 3.63) is 66.2 Å². The van der Waals surface area contributed by atoms with Crippen LogP contribution < -0.4 is 5.32 Å². The fraction of sp³-hybridized carbons (Fsp3) is 0. The lowest BCUT2D eigenvalue weighted by Gasteiger charge is -2.00. The Hall–Kier alpha value is -2.99. The van der Waals surface area contributed by atoms with Gasteiger partial charge in [0.25, 0.3) is 0 Å². The molecule has 3 heterocycles. The van der Waals surface area contributed by atoms with Crippen LogP contribution in [0.15, 0.2) is 61.2 Å². The van der Waals surface area contributed by atoms with Crippen molar-refractivity contribution in [2.75, 3.05) is 5.32 Å². The highest BCUT2D eigenvalue weighted by Gasteiger charge is 2.11. The van der Waals surface area contributed by atoms with Gasteiger partial charge in [-0.1, -0.05) is 11.6 Å². The summed E-state index contributed by atoms with van der Waals surface area (Å²) in [5.41, 5.74) is 3.15. The zero-order valence-electron chi connectivity index (χ0n) is 11.9. The van der Waals surface area contributed by atoms with Gasteiger partial charge < -0.3 is 5.32 Å². The van der Waals surface area contributed by atoms with Crippen LogP contribution in [0.4, 0.5) is 11.6 Å². The molecule has 0 radical (unpaired) electrons. The van der Waals surface area contributed by atoms with E-state index < -0.39 is 0 Å². The molecule has 7 heteroatoms. The zero-order chi connectivity index (χ0) is 15.6. The number of pyridine rings is 1. The molecule has 0 saturated heterocycles. The van der Waals surface area contributed by atoms with E-state index in [1.165, 1.54) is 0 Å². The summed E-state index contributed by atoms with van der Waals surface area (Å²) in [5.74, 6) is 0.491. The van der Waals surface area contributed by atoms with E-state index in [2.05, 4.69) is 25.4 Å². The zero-order valence-corrected chi connectivity index (χ0v) is 12.6. The van der Waals surface area contributed by atoms with E-state index in [4.69, 9.17) is 11.6 Å². The third kappa shape index (κ3) is 2.72. The molecule has 0 atom stereocenters. The maximum Gasteiger partial charge on any atom is 0.247 e. The monoisotopic (exact) mass is 322 g/mol. The van der Waals surface area contributed by atoms with Gasteiger partial charge in [0, 0.05) is 41.1 Å². The Morgan fingerprint density at radius 3 is 2.70 bits per heavy atom. The first-order valence-corrected chi connectivity index (χ1v) is 7.32.